The first-order valence-corrected chi connectivity index (χ1v) is 4.58. The van der Waals surface area contributed by atoms with E-state index in [9.17, 15) is 0 Å². The molecule has 1 heteroatoms. The molecule has 10 heavy (non-hydrogen) atoms. The van der Waals surface area contributed by atoms with Gasteiger partial charge in [0.25, 0.3) is 0 Å². The number of hydrogen-bond acceptors (Lipinski definition) is 1. The van der Waals surface area contributed by atoms with Crippen molar-refractivity contribution in [2.75, 3.05) is 13.1 Å². The summed E-state index contributed by atoms with van der Waals surface area (Å²) in [6.45, 7) is 4.92. The minimum atomic E-state index is 0.802. The monoisotopic (exact) mass is 139 g/mol. The van der Waals surface area contributed by atoms with E-state index in [2.05, 4.69) is 12.2 Å². The molecule has 1 heterocycles. The zero-order valence-corrected chi connectivity index (χ0v) is 6.82. The van der Waals surface area contributed by atoms with E-state index < -0.39 is 0 Å². The second-order valence-electron chi connectivity index (χ2n) is 3.98. The number of rotatable bonds is 2. The molecule has 0 amide bonds. The van der Waals surface area contributed by atoms with Crippen LogP contribution in [0.5, 0.6) is 0 Å². The van der Waals surface area contributed by atoms with Crippen LogP contribution in [0.2, 0.25) is 0 Å². The van der Waals surface area contributed by atoms with E-state index >= 15 is 0 Å². The highest BCUT2D eigenvalue weighted by Gasteiger charge is 2.51. The van der Waals surface area contributed by atoms with Gasteiger partial charge in [0, 0.05) is 6.54 Å². The summed E-state index contributed by atoms with van der Waals surface area (Å²) in [4.78, 5) is 0. The van der Waals surface area contributed by atoms with Gasteiger partial charge in [0.15, 0.2) is 0 Å². The van der Waals surface area contributed by atoms with Crippen molar-refractivity contribution in [1.82, 2.24) is 5.32 Å². The van der Waals surface area contributed by atoms with Gasteiger partial charge < -0.3 is 5.32 Å². The maximum Gasteiger partial charge on any atom is 0.00111 e. The lowest BCUT2D eigenvalue weighted by Crippen LogP contribution is -2.12. The first kappa shape index (κ1) is 6.66. The Morgan fingerprint density at radius 1 is 1.50 bits per heavy atom. The zero-order valence-electron chi connectivity index (χ0n) is 6.82. The summed E-state index contributed by atoms with van der Waals surface area (Å²) in [5.41, 5.74) is 0.802. The molecule has 1 N–H and O–H groups in total. The third-order valence-corrected chi connectivity index (χ3v) is 3.26. The summed E-state index contributed by atoms with van der Waals surface area (Å²) in [5.74, 6) is 1.03. The summed E-state index contributed by atoms with van der Waals surface area (Å²) in [5, 5.41) is 3.51. The molecule has 1 aliphatic heterocycles. The molecule has 1 atom stereocenters. The number of nitrogens with one attached hydrogen (secondary N) is 1. The third kappa shape index (κ3) is 0.878. The standard InChI is InChI=1S/C9H17N/c1-2-3-8-6-10-7-9(8)4-5-9/h8,10H,2-7H2,1H3. The van der Waals surface area contributed by atoms with Crippen LogP contribution in [0.4, 0.5) is 0 Å². The Balaban J connectivity index is 1.94. The van der Waals surface area contributed by atoms with Crippen molar-refractivity contribution in [3.05, 3.63) is 0 Å². The topological polar surface area (TPSA) is 12.0 Å². The summed E-state index contributed by atoms with van der Waals surface area (Å²) < 4.78 is 0. The molecule has 1 aliphatic carbocycles. The molecule has 0 radical (unpaired) electrons. The van der Waals surface area contributed by atoms with Crippen LogP contribution in [0.15, 0.2) is 0 Å². The smallest absolute Gasteiger partial charge is 0.00111 e. The molecule has 0 aromatic heterocycles. The second-order valence-corrected chi connectivity index (χ2v) is 3.98. The van der Waals surface area contributed by atoms with Gasteiger partial charge in [-0.2, -0.15) is 0 Å². The lowest BCUT2D eigenvalue weighted by Gasteiger charge is -2.14. The summed E-state index contributed by atoms with van der Waals surface area (Å²) in [6, 6.07) is 0. The van der Waals surface area contributed by atoms with Crippen molar-refractivity contribution in [3.63, 3.8) is 0 Å². The molecular formula is C9H17N. The van der Waals surface area contributed by atoms with Gasteiger partial charge in [0.2, 0.25) is 0 Å². The fourth-order valence-electron chi connectivity index (χ4n) is 2.36. The Hall–Kier alpha value is -0.0400. The minimum absolute atomic E-state index is 0.802. The van der Waals surface area contributed by atoms with Crippen LogP contribution in [0.25, 0.3) is 0 Å². The van der Waals surface area contributed by atoms with E-state index in [0.717, 1.165) is 11.3 Å². The molecule has 1 nitrogen and oxygen atoms in total. The highest BCUT2D eigenvalue weighted by atomic mass is 15.0. The fourth-order valence-corrected chi connectivity index (χ4v) is 2.36. The molecule has 2 fully saturated rings. The molecule has 1 saturated carbocycles. The predicted molar refractivity (Wildman–Crippen MR) is 42.9 cm³/mol. The molecule has 0 aromatic rings. The van der Waals surface area contributed by atoms with Gasteiger partial charge in [-0.15, -0.1) is 0 Å². The highest BCUT2D eigenvalue weighted by Crippen LogP contribution is 2.55. The van der Waals surface area contributed by atoms with Gasteiger partial charge in [-0.25, -0.2) is 0 Å². The Morgan fingerprint density at radius 3 is 2.90 bits per heavy atom. The van der Waals surface area contributed by atoms with E-state index in [1.54, 1.807) is 0 Å². The minimum Gasteiger partial charge on any atom is -0.316 e. The van der Waals surface area contributed by atoms with Gasteiger partial charge in [0.1, 0.15) is 0 Å². The van der Waals surface area contributed by atoms with E-state index in [4.69, 9.17) is 0 Å². The first-order valence-electron chi connectivity index (χ1n) is 4.58. The average Bonchev–Trinajstić information content (AvgIpc) is 2.57. The summed E-state index contributed by atoms with van der Waals surface area (Å²) in [6.07, 6.45) is 5.83. The maximum absolute atomic E-state index is 3.51. The lowest BCUT2D eigenvalue weighted by molar-refractivity contribution is 0.370. The molecule has 2 rings (SSSR count). The van der Waals surface area contributed by atoms with Crippen LogP contribution in [0, 0.1) is 11.3 Å². The van der Waals surface area contributed by atoms with Gasteiger partial charge in [-0.3, -0.25) is 0 Å². The average molecular weight is 139 g/mol. The predicted octanol–water partition coefficient (Wildman–Crippen LogP) is 1.79. The normalized spacial score (nSPS) is 35.1. The lowest BCUT2D eigenvalue weighted by atomic mass is 9.89. The third-order valence-electron chi connectivity index (χ3n) is 3.26. The molecule has 2 aliphatic rings. The molecule has 0 aromatic carbocycles. The Bertz CT molecular complexity index is 127. The van der Waals surface area contributed by atoms with Crippen molar-refractivity contribution < 1.29 is 0 Å². The van der Waals surface area contributed by atoms with Gasteiger partial charge in [-0.05, 0) is 37.1 Å². The molecular weight excluding hydrogens is 122 g/mol. The van der Waals surface area contributed by atoms with E-state index in [1.807, 2.05) is 0 Å². The van der Waals surface area contributed by atoms with Crippen LogP contribution in [0.1, 0.15) is 32.6 Å². The van der Waals surface area contributed by atoms with Gasteiger partial charge >= 0.3 is 0 Å². The van der Waals surface area contributed by atoms with Crippen molar-refractivity contribution in [1.29, 1.82) is 0 Å². The van der Waals surface area contributed by atoms with Gasteiger partial charge in [-0.1, -0.05) is 13.3 Å². The van der Waals surface area contributed by atoms with Crippen LogP contribution in [-0.4, -0.2) is 13.1 Å². The molecule has 1 saturated heterocycles. The van der Waals surface area contributed by atoms with Crippen LogP contribution in [0.3, 0.4) is 0 Å². The first-order chi connectivity index (χ1) is 4.87. The fraction of sp³-hybridized carbons (Fsp3) is 1.00. The largest absolute Gasteiger partial charge is 0.316 e. The molecule has 1 unspecified atom stereocenters. The van der Waals surface area contributed by atoms with Crippen LogP contribution < -0.4 is 5.32 Å². The van der Waals surface area contributed by atoms with E-state index in [-0.39, 0.29) is 0 Å². The van der Waals surface area contributed by atoms with Crippen molar-refractivity contribution in [2.24, 2.45) is 11.3 Å². The highest BCUT2D eigenvalue weighted by molar-refractivity contribution is 5.04. The van der Waals surface area contributed by atoms with Crippen molar-refractivity contribution in [2.45, 2.75) is 32.6 Å². The summed E-state index contributed by atoms with van der Waals surface area (Å²) in [7, 11) is 0. The maximum atomic E-state index is 3.51. The van der Waals surface area contributed by atoms with Gasteiger partial charge in [0.05, 0.1) is 0 Å². The zero-order chi connectivity index (χ0) is 7.03. The SMILES string of the molecule is CCCC1CNCC12CC2. The van der Waals surface area contributed by atoms with Crippen LogP contribution in [-0.2, 0) is 0 Å². The van der Waals surface area contributed by atoms with Crippen molar-refractivity contribution >= 4 is 0 Å². The second kappa shape index (κ2) is 2.23. The molecule has 1 spiro atoms. The number of hydrogen-bond donors (Lipinski definition) is 1. The molecule has 58 valence electrons. The Labute approximate surface area is 63.2 Å². The Morgan fingerprint density at radius 2 is 2.30 bits per heavy atom. The van der Waals surface area contributed by atoms with E-state index in [1.165, 1.54) is 38.8 Å². The van der Waals surface area contributed by atoms with E-state index in [0.29, 0.717) is 0 Å². The van der Waals surface area contributed by atoms with Crippen LogP contribution >= 0.6 is 0 Å². The summed E-state index contributed by atoms with van der Waals surface area (Å²) >= 11 is 0. The molecule has 0 bridgehead atoms. The quantitative estimate of drug-likeness (QED) is 0.615. The Kier molecular flexibility index (Phi) is 1.48. The van der Waals surface area contributed by atoms with Crippen molar-refractivity contribution in [3.8, 4) is 0 Å².